The van der Waals surface area contributed by atoms with E-state index in [0.29, 0.717) is 22.9 Å². The number of rotatable bonds is 2. The third-order valence-corrected chi connectivity index (χ3v) is 3.56. The maximum absolute atomic E-state index is 11.5. The lowest BCUT2D eigenvalue weighted by Gasteiger charge is -2.32. The van der Waals surface area contributed by atoms with Gasteiger partial charge in [0.15, 0.2) is 5.84 Å². The van der Waals surface area contributed by atoms with Crippen molar-refractivity contribution in [3.8, 4) is 0 Å². The summed E-state index contributed by atoms with van der Waals surface area (Å²) in [5.41, 5.74) is 4.05. The molecule has 2 heterocycles. The first-order chi connectivity index (χ1) is 9.95. The number of anilines is 1. The summed E-state index contributed by atoms with van der Waals surface area (Å²) in [6, 6.07) is 3.31. The van der Waals surface area contributed by atoms with Crippen molar-refractivity contribution in [3.63, 3.8) is 0 Å². The molecule has 0 aliphatic carbocycles. The van der Waals surface area contributed by atoms with E-state index in [1.54, 1.807) is 0 Å². The number of fused-ring (bicyclic) bond motifs is 2. The van der Waals surface area contributed by atoms with Crippen LogP contribution in [0.4, 0.5) is 16.2 Å². The molecule has 7 heteroatoms. The van der Waals surface area contributed by atoms with E-state index in [0.717, 1.165) is 11.1 Å². The molecule has 2 aliphatic heterocycles. The number of aryl methyl sites for hydroxylation is 2. The SMILES string of the molecule is Cc1cc2c(cc1C)N(CC(=O)O)C1=NC(=O)NCC1=N2. The van der Waals surface area contributed by atoms with Crippen molar-refractivity contribution >= 4 is 34.9 Å². The van der Waals surface area contributed by atoms with Gasteiger partial charge in [-0.15, -0.1) is 0 Å². The van der Waals surface area contributed by atoms with Crippen LogP contribution in [-0.2, 0) is 4.79 Å². The number of carbonyl (C=O) groups is 2. The molecule has 0 saturated carbocycles. The number of nitrogens with one attached hydrogen (secondary N) is 1. The average molecular weight is 286 g/mol. The van der Waals surface area contributed by atoms with E-state index in [1.165, 1.54) is 4.90 Å². The van der Waals surface area contributed by atoms with Gasteiger partial charge in [0.05, 0.1) is 17.9 Å². The largest absolute Gasteiger partial charge is 0.480 e. The van der Waals surface area contributed by atoms with Gasteiger partial charge in [0, 0.05) is 0 Å². The number of hydrogen-bond acceptors (Lipinski definition) is 4. The van der Waals surface area contributed by atoms with Crippen LogP contribution in [-0.4, -0.2) is 41.7 Å². The molecule has 0 fully saturated rings. The van der Waals surface area contributed by atoms with Gasteiger partial charge >= 0.3 is 12.0 Å². The lowest BCUT2D eigenvalue weighted by atomic mass is 10.0. The number of aliphatic imine (C=N–C) groups is 2. The molecule has 0 aromatic heterocycles. The molecule has 21 heavy (non-hydrogen) atoms. The number of amides is 2. The Hall–Kier alpha value is -2.70. The van der Waals surface area contributed by atoms with Gasteiger partial charge in [0.1, 0.15) is 12.3 Å². The summed E-state index contributed by atoms with van der Waals surface area (Å²) in [6.45, 7) is 3.91. The predicted octanol–water partition coefficient (Wildman–Crippen LogP) is 1.40. The van der Waals surface area contributed by atoms with Gasteiger partial charge in [-0.1, -0.05) is 0 Å². The minimum atomic E-state index is -0.992. The molecule has 0 radical (unpaired) electrons. The molecule has 7 nitrogen and oxygen atoms in total. The van der Waals surface area contributed by atoms with Crippen LogP contribution in [0.25, 0.3) is 0 Å². The summed E-state index contributed by atoms with van der Waals surface area (Å²) >= 11 is 0. The van der Waals surface area contributed by atoms with Gasteiger partial charge in [-0.2, -0.15) is 4.99 Å². The van der Waals surface area contributed by atoms with E-state index < -0.39 is 12.0 Å². The summed E-state index contributed by atoms with van der Waals surface area (Å²) in [6.07, 6.45) is 0. The maximum Gasteiger partial charge on any atom is 0.343 e. The lowest BCUT2D eigenvalue weighted by molar-refractivity contribution is -0.135. The van der Waals surface area contributed by atoms with E-state index in [1.807, 2.05) is 26.0 Å². The topological polar surface area (TPSA) is 94.4 Å². The van der Waals surface area contributed by atoms with E-state index in [4.69, 9.17) is 5.11 Å². The van der Waals surface area contributed by atoms with Gasteiger partial charge < -0.3 is 15.3 Å². The van der Waals surface area contributed by atoms with Crippen molar-refractivity contribution in [3.05, 3.63) is 23.3 Å². The van der Waals surface area contributed by atoms with E-state index in [9.17, 15) is 9.59 Å². The molecule has 2 amide bonds. The van der Waals surface area contributed by atoms with Crippen molar-refractivity contribution in [2.24, 2.45) is 9.98 Å². The van der Waals surface area contributed by atoms with Crippen LogP contribution < -0.4 is 10.2 Å². The van der Waals surface area contributed by atoms with E-state index >= 15 is 0 Å². The summed E-state index contributed by atoms with van der Waals surface area (Å²) in [7, 11) is 0. The van der Waals surface area contributed by atoms with E-state index in [-0.39, 0.29) is 13.1 Å². The normalized spacial score (nSPS) is 16.5. The van der Waals surface area contributed by atoms with Gasteiger partial charge in [-0.3, -0.25) is 4.79 Å². The number of hydrogen-bond donors (Lipinski definition) is 2. The zero-order chi connectivity index (χ0) is 15.1. The molecule has 0 saturated heterocycles. The first-order valence-corrected chi connectivity index (χ1v) is 6.51. The third-order valence-electron chi connectivity index (χ3n) is 3.56. The molecule has 0 unspecified atom stereocenters. The highest BCUT2D eigenvalue weighted by Crippen LogP contribution is 2.35. The first kappa shape index (κ1) is 13.3. The highest BCUT2D eigenvalue weighted by molar-refractivity contribution is 6.51. The molecule has 2 aliphatic rings. The molecule has 3 rings (SSSR count). The van der Waals surface area contributed by atoms with Gasteiger partial charge in [0.25, 0.3) is 0 Å². The van der Waals surface area contributed by atoms with Crippen LogP contribution in [0.15, 0.2) is 22.1 Å². The summed E-state index contributed by atoms with van der Waals surface area (Å²) in [4.78, 5) is 32.5. The highest BCUT2D eigenvalue weighted by atomic mass is 16.4. The number of benzene rings is 1. The Labute approximate surface area is 121 Å². The summed E-state index contributed by atoms with van der Waals surface area (Å²) < 4.78 is 0. The van der Waals surface area contributed by atoms with Crippen LogP contribution in [0.3, 0.4) is 0 Å². The van der Waals surface area contributed by atoms with E-state index in [2.05, 4.69) is 15.3 Å². The minimum absolute atomic E-state index is 0.250. The standard InChI is InChI=1S/C14H14N4O3/c1-7-3-9-11(4-8(7)2)18(6-12(19)20)13-10(16-9)5-15-14(21)17-13/h3-4H,5-6H2,1-2H3,(H,15,21)(H,19,20). The number of carbonyl (C=O) groups excluding carboxylic acids is 1. The number of amidine groups is 1. The fourth-order valence-electron chi connectivity index (χ4n) is 2.39. The van der Waals surface area contributed by atoms with Crippen molar-refractivity contribution in [2.45, 2.75) is 13.8 Å². The molecule has 1 aromatic carbocycles. The number of urea groups is 1. The van der Waals surface area contributed by atoms with Crippen molar-refractivity contribution in [2.75, 3.05) is 18.0 Å². The molecule has 2 N–H and O–H groups in total. The quantitative estimate of drug-likeness (QED) is 0.859. The van der Waals surface area contributed by atoms with Crippen molar-refractivity contribution in [1.29, 1.82) is 0 Å². The fraction of sp³-hybridized carbons (Fsp3) is 0.286. The Morgan fingerprint density at radius 3 is 2.76 bits per heavy atom. The predicted molar refractivity (Wildman–Crippen MR) is 78.8 cm³/mol. The Morgan fingerprint density at radius 1 is 1.33 bits per heavy atom. The van der Waals surface area contributed by atoms with Crippen molar-refractivity contribution in [1.82, 2.24) is 5.32 Å². The van der Waals surface area contributed by atoms with Gasteiger partial charge in [0.2, 0.25) is 0 Å². The maximum atomic E-state index is 11.5. The lowest BCUT2D eigenvalue weighted by Crippen LogP contribution is -2.49. The molecule has 108 valence electrons. The van der Waals surface area contributed by atoms with Crippen LogP contribution >= 0.6 is 0 Å². The number of aliphatic carboxylic acids is 1. The Morgan fingerprint density at radius 2 is 2.05 bits per heavy atom. The molecule has 0 atom stereocenters. The van der Waals surface area contributed by atoms with Crippen LogP contribution in [0.2, 0.25) is 0 Å². The Kier molecular flexibility index (Phi) is 2.97. The average Bonchev–Trinajstić information content (AvgIpc) is 2.41. The summed E-state index contributed by atoms with van der Waals surface area (Å²) in [5.74, 6) is -0.675. The monoisotopic (exact) mass is 286 g/mol. The zero-order valence-electron chi connectivity index (χ0n) is 11.7. The van der Waals surface area contributed by atoms with Crippen LogP contribution in [0.1, 0.15) is 11.1 Å². The highest BCUT2D eigenvalue weighted by Gasteiger charge is 2.31. The molecule has 0 spiro atoms. The second kappa shape index (κ2) is 4.69. The number of carboxylic acid groups (broad SMARTS) is 1. The Bertz CT molecular complexity index is 721. The van der Waals surface area contributed by atoms with Gasteiger partial charge in [-0.25, -0.2) is 9.79 Å². The molecule has 1 aromatic rings. The third kappa shape index (κ3) is 2.26. The van der Waals surface area contributed by atoms with Gasteiger partial charge in [-0.05, 0) is 37.1 Å². The number of carboxylic acids is 1. The minimum Gasteiger partial charge on any atom is -0.480 e. The second-order valence-electron chi connectivity index (χ2n) is 5.06. The fourth-order valence-corrected chi connectivity index (χ4v) is 2.39. The van der Waals surface area contributed by atoms with Crippen molar-refractivity contribution < 1.29 is 14.7 Å². The molecular weight excluding hydrogens is 272 g/mol. The summed E-state index contributed by atoms with van der Waals surface area (Å²) in [5, 5.41) is 11.7. The molecular formula is C14H14N4O3. The zero-order valence-corrected chi connectivity index (χ0v) is 11.7. The van der Waals surface area contributed by atoms with Crippen LogP contribution in [0.5, 0.6) is 0 Å². The first-order valence-electron chi connectivity index (χ1n) is 6.51. The number of nitrogens with zero attached hydrogens (tertiary/aromatic N) is 3. The Balaban J connectivity index is 2.20. The smallest absolute Gasteiger partial charge is 0.343 e. The second-order valence-corrected chi connectivity index (χ2v) is 5.06. The van der Waals surface area contributed by atoms with Crippen LogP contribution in [0, 0.1) is 13.8 Å². The molecule has 0 bridgehead atoms.